The maximum Gasteiger partial charge on any atom is 0.254 e. The van der Waals surface area contributed by atoms with E-state index in [1.54, 1.807) is 0 Å². The highest BCUT2D eigenvalue weighted by Crippen LogP contribution is 2.26. The normalized spacial score (nSPS) is 23.1. The fraction of sp³-hybridized carbons (Fsp3) is 0.500. The Labute approximate surface area is 116 Å². The van der Waals surface area contributed by atoms with Crippen molar-refractivity contribution in [3.63, 3.8) is 0 Å². The van der Waals surface area contributed by atoms with E-state index in [-0.39, 0.29) is 17.5 Å². The van der Waals surface area contributed by atoms with E-state index in [4.69, 9.17) is 11.6 Å². The van der Waals surface area contributed by atoms with E-state index in [1.165, 1.54) is 12.1 Å². The number of hydrogen-bond acceptors (Lipinski definition) is 1. The van der Waals surface area contributed by atoms with Gasteiger partial charge in [0.05, 0.1) is 5.56 Å². The van der Waals surface area contributed by atoms with Crippen LogP contribution in [0.15, 0.2) is 18.2 Å². The molecular weight excluding hydrogens is 272 g/mol. The lowest BCUT2D eigenvalue weighted by molar-refractivity contribution is 0.0906. The quantitative estimate of drug-likeness (QED) is 0.847. The van der Waals surface area contributed by atoms with Crippen LogP contribution >= 0.6 is 11.6 Å². The van der Waals surface area contributed by atoms with Crippen LogP contribution < -0.4 is 5.32 Å². The van der Waals surface area contributed by atoms with E-state index in [2.05, 4.69) is 5.32 Å². The molecule has 0 aromatic heterocycles. The zero-order valence-corrected chi connectivity index (χ0v) is 11.2. The number of benzene rings is 1. The standard InChI is InChI=1S/C14H16ClF2NO/c15-8-9-4-1-2-7-12(9)18-14(19)10-5-3-6-11(16)13(10)17/h3,5-6,9,12H,1-2,4,7-8H2,(H,18,19). The van der Waals surface area contributed by atoms with Crippen LogP contribution in [0.5, 0.6) is 0 Å². The van der Waals surface area contributed by atoms with Crippen LogP contribution in [0.1, 0.15) is 36.0 Å². The number of halogens is 3. The molecule has 1 aromatic rings. The third kappa shape index (κ3) is 3.24. The van der Waals surface area contributed by atoms with E-state index in [0.29, 0.717) is 5.88 Å². The summed E-state index contributed by atoms with van der Waals surface area (Å²) < 4.78 is 26.6. The van der Waals surface area contributed by atoms with Crippen LogP contribution in [0.25, 0.3) is 0 Å². The summed E-state index contributed by atoms with van der Waals surface area (Å²) in [5, 5.41) is 2.77. The monoisotopic (exact) mass is 287 g/mol. The highest BCUT2D eigenvalue weighted by atomic mass is 35.5. The third-order valence-corrected chi connectivity index (χ3v) is 4.02. The van der Waals surface area contributed by atoms with Gasteiger partial charge < -0.3 is 5.32 Å². The molecule has 0 spiro atoms. The molecule has 1 aliphatic carbocycles. The Morgan fingerprint density at radius 1 is 1.32 bits per heavy atom. The van der Waals surface area contributed by atoms with Crippen molar-refractivity contribution in [3.8, 4) is 0 Å². The fourth-order valence-corrected chi connectivity index (χ4v) is 2.88. The summed E-state index contributed by atoms with van der Waals surface area (Å²) >= 11 is 5.88. The highest BCUT2D eigenvalue weighted by Gasteiger charge is 2.27. The highest BCUT2D eigenvalue weighted by molar-refractivity contribution is 6.18. The van der Waals surface area contributed by atoms with Crippen molar-refractivity contribution in [1.82, 2.24) is 5.32 Å². The summed E-state index contributed by atoms with van der Waals surface area (Å²) in [6, 6.07) is 3.55. The van der Waals surface area contributed by atoms with E-state index in [0.717, 1.165) is 31.7 Å². The van der Waals surface area contributed by atoms with Gasteiger partial charge in [0.25, 0.3) is 5.91 Å². The van der Waals surface area contributed by atoms with Gasteiger partial charge in [-0.25, -0.2) is 8.78 Å². The van der Waals surface area contributed by atoms with Gasteiger partial charge >= 0.3 is 0 Å². The van der Waals surface area contributed by atoms with Crippen molar-refractivity contribution in [2.75, 3.05) is 5.88 Å². The van der Waals surface area contributed by atoms with Gasteiger partial charge in [0.1, 0.15) is 0 Å². The van der Waals surface area contributed by atoms with Crippen molar-refractivity contribution in [2.45, 2.75) is 31.7 Å². The zero-order valence-electron chi connectivity index (χ0n) is 10.5. The second kappa shape index (κ2) is 6.33. The number of hydrogen-bond donors (Lipinski definition) is 1. The maximum atomic E-state index is 13.5. The molecule has 1 aromatic carbocycles. The molecule has 0 aliphatic heterocycles. The van der Waals surface area contributed by atoms with E-state index < -0.39 is 17.5 Å². The van der Waals surface area contributed by atoms with Gasteiger partial charge in [-0.2, -0.15) is 0 Å². The Hall–Kier alpha value is -1.16. The first-order valence-electron chi connectivity index (χ1n) is 6.44. The van der Waals surface area contributed by atoms with Crippen molar-refractivity contribution in [3.05, 3.63) is 35.4 Å². The SMILES string of the molecule is O=C(NC1CCCCC1CCl)c1cccc(F)c1F. The first-order valence-corrected chi connectivity index (χ1v) is 6.97. The summed E-state index contributed by atoms with van der Waals surface area (Å²) in [6.45, 7) is 0. The zero-order chi connectivity index (χ0) is 13.8. The molecule has 104 valence electrons. The van der Waals surface area contributed by atoms with Crippen LogP contribution in [0.2, 0.25) is 0 Å². The minimum absolute atomic E-state index is 0.0542. The van der Waals surface area contributed by atoms with Crippen LogP contribution in [0.4, 0.5) is 8.78 Å². The molecule has 0 bridgehead atoms. The van der Waals surface area contributed by atoms with Gasteiger partial charge in [-0.1, -0.05) is 18.9 Å². The number of alkyl halides is 1. The lowest BCUT2D eigenvalue weighted by atomic mass is 9.85. The van der Waals surface area contributed by atoms with Gasteiger partial charge in [-0.05, 0) is 30.9 Å². The minimum atomic E-state index is -1.10. The first-order chi connectivity index (χ1) is 9.13. The largest absolute Gasteiger partial charge is 0.349 e. The van der Waals surface area contributed by atoms with E-state index in [1.807, 2.05) is 0 Å². The molecule has 1 saturated carbocycles. The Balaban J connectivity index is 2.09. The fourth-order valence-electron chi connectivity index (χ4n) is 2.51. The molecule has 0 heterocycles. The average Bonchev–Trinajstić information content (AvgIpc) is 2.42. The number of rotatable bonds is 3. The molecule has 1 N–H and O–H groups in total. The van der Waals surface area contributed by atoms with Crippen molar-refractivity contribution < 1.29 is 13.6 Å². The molecule has 2 atom stereocenters. The molecule has 19 heavy (non-hydrogen) atoms. The van der Waals surface area contributed by atoms with Crippen molar-refractivity contribution in [1.29, 1.82) is 0 Å². The molecule has 1 fully saturated rings. The van der Waals surface area contributed by atoms with Gasteiger partial charge in [0, 0.05) is 11.9 Å². The van der Waals surface area contributed by atoms with Crippen LogP contribution in [-0.2, 0) is 0 Å². The van der Waals surface area contributed by atoms with Crippen LogP contribution in [0.3, 0.4) is 0 Å². The van der Waals surface area contributed by atoms with Gasteiger partial charge in [0.2, 0.25) is 0 Å². The van der Waals surface area contributed by atoms with E-state index >= 15 is 0 Å². The predicted molar refractivity (Wildman–Crippen MR) is 70.3 cm³/mol. The van der Waals surface area contributed by atoms with E-state index in [9.17, 15) is 13.6 Å². The average molecular weight is 288 g/mol. The number of carbonyl (C=O) groups excluding carboxylic acids is 1. The number of carbonyl (C=O) groups is 1. The second-order valence-corrected chi connectivity index (χ2v) is 5.19. The van der Waals surface area contributed by atoms with Gasteiger partial charge in [-0.3, -0.25) is 4.79 Å². The summed E-state index contributed by atoms with van der Waals surface area (Å²) in [5.74, 6) is -2.00. The number of amides is 1. The van der Waals surface area contributed by atoms with Crippen molar-refractivity contribution >= 4 is 17.5 Å². The minimum Gasteiger partial charge on any atom is -0.349 e. The Morgan fingerprint density at radius 2 is 2.05 bits per heavy atom. The van der Waals surface area contributed by atoms with Crippen LogP contribution in [-0.4, -0.2) is 17.8 Å². The summed E-state index contributed by atoms with van der Waals surface area (Å²) in [4.78, 5) is 12.0. The topological polar surface area (TPSA) is 29.1 Å². The Bertz CT molecular complexity index is 467. The molecule has 0 saturated heterocycles. The maximum absolute atomic E-state index is 13.5. The Morgan fingerprint density at radius 3 is 2.79 bits per heavy atom. The summed E-state index contributed by atoms with van der Waals surface area (Å²) in [5.41, 5.74) is -0.251. The smallest absolute Gasteiger partial charge is 0.254 e. The summed E-state index contributed by atoms with van der Waals surface area (Å²) in [7, 11) is 0. The molecule has 2 rings (SSSR count). The molecule has 2 nitrogen and oxygen atoms in total. The summed E-state index contributed by atoms with van der Waals surface area (Å²) in [6.07, 6.45) is 3.90. The molecular formula is C14H16ClF2NO. The molecule has 5 heteroatoms. The third-order valence-electron chi connectivity index (χ3n) is 3.62. The number of nitrogens with one attached hydrogen (secondary N) is 1. The van der Waals surface area contributed by atoms with Crippen LogP contribution in [0, 0.1) is 17.6 Å². The molecule has 2 unspecified atom stereocenters. The Kier molecular flexibility index (Phi) is 4.75. The molecule has 0 radical (unpaired) electrons. The van der Waals surface area contributed by atoms with Gasteiger partial charge in [-0.15, -0.1) is 11.6 Å². The molecule has 1 amide bonds. The van der Waals surface area contributed by atoms with Crippen molar-refractivity contribution in [2.24, 2.45) is 5.92 Å². The van der Waals surface area contributed by atoms with Gasteiger partial charge in [0.15, 0.2) is 11.6 Å². The lowest BCUT2D eigenvalue weighted by Gasteiger charge is -2.30. The predicted octanol–water partition coefficient (Wildman–Crippen LogP) is 3.49. The first kappa shape index (κ1) is 14.3. The molecule has 1 aliphatic rings. The lowest BCUT2D eigenvalue weighted by Crippen LogP contribution is -2.43. The second-order valence-electron chi connectivity index (χ2n) is 4.88.